The number of carbonyl (C=O) groups excluding carboxylic acids is 2. The van der Waals surface area contributed by atoms with Crippen LogP contribution in [0.5, 0.6) is 0 Å². The van der Waals surface area contributed by atoms with Crippen molar-refractivity contribution in [2.24, 2.45) is 5.92 Å². The summed E-state index contributed by atoms with van der Waals surface area (Å²) in [6, 6.07) is 5.80. The lowest BCUT2D eigenvalue weighted by Crippen LogP contribution is -2.40. The van der Waals surface area contributed by atoms with Crippen molar-refractivity contribution in [3.05, 3.63) is 30.1 Å². The van der Waals surface area contributed by atoms with Crippen LogP contribution in [0.1, 0.15) is 32.4 Å². The molecule has 1 aromatic rings. The van der Waals surface area contributed by atoms with Crippen LogP contribution < -0.4 is 10.6 Å². The van der Waals surface area contributed by atoms with E-state index in [-0.39, 0.29) is 17.9 Å². The number of nitrogens with zero attached hydrogens (tertiary/aromatic N) is 2. The summed E-state index contributed by atoms with van der Waals surface area (Å²) in [5.41, 5.74) is 0.849. The van der Waals surface area contributed by atoms with Gasteiger partial charge in [0.15, 0.2) is 0 Å². The number of carbonyl (C=O) groups is 2. The average Bonchev–Trinajstić information content (AvgIpc) is 2.87. The molecule has 0 aromatic carbocycles. The van der Waals surface area contributed by atoms with E-state index in [1.54, 1.807) is 13.1 Å². The molecule has 2 atom stereocenters. The summed E-state index contributed by atoms with van der Waals surface area (Å²) >= 11 is 0. The number of hydrogen-bond acceptors (Lipinski definition) is 4. The van der Waals surface area contributed by atoms with Gasteiger partial charge in [0.25, 0.3) is 0 Å². The number of pyridine rings is 1. The molecule has 0 spiro atoms. The maximum Gasteiger partial charge on any atom is 0.234 e. The van der Waals surface area contributed by atoms with Gasteiger partial charge in [-0.25, -0.2) is 0 Å². The molecule has 0 saturated carbocycles. The standard InChI is InChI=1S/C17H26N4O2/c1-3-6-14-10-21(11-16(14)20-13(2)22)12-17(23)19-9-15-7-4-5-8-18-15/h4-5,7-8,14,16H,3,6,9-12H2,1-2H3,(H,19,23)(H,20,22)/t14-,16-/m1/s1. The van der Waals surface area contributed by atoms with Crippen molar-refractivity contribution in [3.63, 3.8) is 0 Å². The van der Waals surface area contributed by atoms with Crippen LogP contribution in [0.3, 0.4) is 0 Å². The molecule has 0 aliphatic carbocycles. The van der Waals surface area contributed by atoms with Crippen molar-refractivity contribution in [2.75, 3.05) is 19.6 Å². The average molecular weight is 318 g/mol. The summed E-state index contributed by atoms with van der Waals surface area (Å²) < 4.78 is 0. The van der Waals surface area contributed by atoms with Crippen molar-refractivity contribution < 1.29 is 9.59 Å². The zero-order chi connectivity index (χ0) is 16.7. The molecule has 1 aromatic heterocycles. The van der Waals surface area contributed by atoms with Crippen LogP contribution in [-0.4, -0.2) is 47.4 Å². The number of amides is 2. The Balaban J connectivity index is 1.80. The molecule has 1 saturated heterocycles. The van der Waals surface area contributed by atoms with E-state index in [1.165, 1.54) is 0 Å². The van der Waals surface area contributed by atoms with Gasteiger partial charge in [0, 0.05) is 32.3 Å². The minimum absolute atomic E-state index is 0.00226. The van der Waals surface area contributed by atoms with Crippen LogP contribution in [0.2, 0.25) is 0 Å². The summed E-state index contributed by atoms with van der Waals surface area (Å²) in [4.78, 5) is 29.7. The third-order valence-corrected chi connectivity index (χ3v) is 4.12. The Labute approximate surface area is 137 Å². The lowest BCUT2D eigenvalue weighted by atomic mass is 9.98. The first-order valence-corrected chi connectivity index (χ1v) is 8.24. The van der Waals surface area contributed by atoms with Gasteiger partial charge in [0.2, 0.25) is 11.8 Å². The Bertz CT molecular complexity index is 521. The highest BCUT2D eigenvalue weighted by molar-refractivity contribution is 5.78. The van der Waals surface area contributed by atoms with E-state index in [2.05, 4.69) is 27.4 Å². The molecule has 6 nitrogen and oxygen atoms in total. The van der Waals surface area contributed by atoms with Gasteiger partial charge in [0.1, 0.15) is 0 Å². The van der Waals surface area contributed by atoms with E-state index in [0.717, 1.165) is 31.6 Å². The predicted molar refractivity (Wildman–Crippen MR) is 88.5 cm³/mol. The third kappa shape index (κ3) is 5.63. The van der Waals surface area contributed by atoms with Crippen molar-refractivity contribution >= 4 is 11.8 Å². The normalized spacial score (nSPS) is 21.1. The molecule has 1 aliphatic heterocycles. The molecular weight excluding hydrogens is 292 g/mol. The summed E-state index contributed by atoms with van der Waals surface area (Å²) in [6.45, 7) is 6.10. The Hall–Kier alpha value is -1.95. The Kier molecular flexibility index (Phi) is 6.52. The van der Waals surface area contributed by atoms with Gasteiger partial charge in [-0.3, -0.25) is 19.5 Å². The quantitative estimate of drug-likeness (QED) is 0.784. The zero-order valence-electron chi connectivity index (χ0n) is 13.9. The van der Waals surface area contributed by atoms with Gasteiger partial charge in [-0.2, -0.15) is 0 Å². The molecule has 126 valence electrons. The summed E-state index contributed by atoms with van der Waals surface area (Å²) in [7, 11) is 0. The molecule has 6 heteroatoms. The van der Waals surface area contributed by atoms with Crippen LogP contribution >= 0.6 is 0 Å². The number of rotatable bonds is 7. The Morgan fingerprint density at radius 1 is 1.35 bits per heavy atom. The van der Waals surface area contributed by atoms with Crippen LogP contribution in [0, 0.1) is 5.92 Å². The summed E-state index contributed by atoms with van der Waals surface area (Å²) in [6.07, 6.45) is 3.87. The van der Waals surface area contributed by atoms with Gasteiger partial charge in [0.05, 0.1) is 18.8 Å². The lowest BCUT2D eigenvalue weighted by molar-refractivity contribution is -0.122. The number of hydrogen-bond donors (Lipinski definition) is 2. The van der Waals surface area contributed by atoms with E-state index in [0.29, 0.717) is 19.0 Å². The van der Waals surface area contributed by atoms with E-state index in [4.69, 9.17) is 0 Å². The molecule has 2 heterocycles. The first-order valence-electron chi connectivity index (χ1n) is 8.24. The summed E-state index contributed by atoms with van der Waals surface area (Å²) in [5.74, 6) is 0.416. The van der Waals surface area contributed by atoms with Crippen LogP contribution in [-0.2, 0) is 16.1 Å². The molecule has 2 amide bonds. The SMILES string of the molecule is CCC[C@@H]1CN(CC(=O)NCc2ccccn2)C[C@H]1NC(C)=O. The minimum atomic E-state index is -0.00521. The second-order valence-electron chi connectivity index (χ2n) is 6.15. The molecule has 0 bridgehead atoms. The molecule has 0 radical (unpaired) electrons. The highest BCUT2D eigenvalue weighted by atomic mass is 16.2. The summed E-state index contributed by atoms with van der Waals surface area (Å²) in [5, 5.41) is 5.91. The second-order valence-corrected chi connectivity index (χ2v) is 6.15. The van der Waals surface area contributed by atoms with E-state index in [1.807, 2.05) is 18.2 Å². The molecule has 23 heavy (non-hydrogen) atoms. The lowest BCUT2D eigenvalue weighted by Gasteiger charge is -2.18. The predicted octanol–water partition coefficient (Wildman–Crippen LogP) is 0.934. The van der Waals surface area contributed by atoms with Crippen molar-refractivity contribution in [1.29, 1.82) is 0 Å². The third-order valence-electron chi connectivity index (χ3n) is 4.12. The fraction of sp³-hybridized carbons (Fsp3) is 0.588. The van der Waals surface area contributed by atoms with Crippen molar-refractivity contribution in [1.82, 2.24) is 20.5 Å². The monoisotopic (exact) mass is 318 g/mol. The minimum Gasteiger partial charge on any atom is -0.352 e. The Morgan fingerprint density at radius 3 is 2.83 bits per heavy atom. The number of likely N-dealkylation sites (tertiary alicyclic amines) is 1. The molecule has 1 aliphatic rings. The van der Waals surface area contributed by atoms with E-state index in [9.17, 15) is 9.59 Å². The zero-order valence-corrected chi connectivity index (χ0v) is 13.9. The molecule has 0 unspecified atom stereocenters. The number of aromatic nitrogens is 1. The first-order chi connectivity index (χ1) is 11.1. The largest absolute Gasteiger partial charge is 0.352 e. The maximum atomic E-state index is 12.1. The van der Waals surface area contributed by atoms with Crippen molar-refractivity contribution in [2.45, 2.75) is 39.3 Å². The van der Waals surface area contributed by atoms with Gasteiger partial charge in [-0.15, -0.1) is 0 Å². The van der Waals surface area contributed by atoms with Crippen LogP contribution in [0.25, 0.3) is 0 Å². The number of nitrogens with one attached hydrogen (secondary N) is 2. The molecule has 2 rings (SSSR count). The highest BCUT2D eigenvalue weighted by Gasteiger charge is 2.33. The highest BCUT2D eigenvalue weighted by Crippen LogP contribution is 2.21. The molecule has 1 fully saturated rings. The molecular formula is C17H26N4O2. The fourth-order valence-corrected chi connectivity index (χ4v) is 3.13. The van der Waals surface area contributed by atoms with Crippen LogP contribution in [0.15, 0.2) is 24.4 Å². The second kappa shape index (κ2) is 8.62. The first kappa shape index (κ1) is 17.4. The maximum absolute atomic E-state index is 12.1. The fourth-order valence-electron chi connectivity index (χ4n) is 3.13. The van der Waals surface area contributed by atoms with E-state index < -0.39 is 0 Å². The molecule has 2 N–H and O–H groups in total. The topological polar surface area (TPSA) is 74.3 Å². The Morgan fingerprint density at radius 2 is 2.17 bits per heavy atom. The van der Waals surface area contributed by atoms with Crippen molar-refractivity contribution in [3.8, 4) is 0 Å². The smallest absolute Gasteiger partial charge is 0.234 e. The van der Waals surface area contributed by atoms with Gasteiger partial charge in [-0.05, 0) is 24.5 Å². The van der Waals surface area contributed by atoms with E-state index >= 15 is 0 Å². The van der Waals surface area contributed by atoms with Gasteiger partial charge in [-0.1, -0.05) is 19.4 Å². The van der Waals surface area contributed by atoms with Crippen LogP contribution in [0.4, 0.5) is 0 Å². The van der Waals surface area contributed by atoms with Gasteiger partial charge < -0.3 is 10.6 Å². The van der Waals surface area contributed by atoms with Gasteiger partial charge >= 0.3 is 0 Å².